The molecule has 0 aromatic carbocycles. The van der Waals surface area contributed by atoms with E-state index in [0.717, 1.165) is 50.4 Å². The molecule has 0 spiro atoms. The summed E-state index contributed by atoms with van der Waals surface area (Å²) in [6.07, 6.45) is 7.07. The third-order valence-corrected chi connectivity index (χ3v) is 20.6. The van der Waals surface area contributed by atoms with Gasteiger partial charge in [-0.1, -0.05) is 158 Å². The molecule has 0 saturated carbocycles. The van der Waals surface area contributed by atoms with E-state index in [9.17, 15) is 9.50 Å². The zero-order valence-electron chi connectivity index (χ0n) is 52.5. The lowest BCUT2D eigenvalue weighted by atomic mass is 9.76. The Morgan fingerprint density at radius 2 is 0.658 bits per heavy atom. The zero-order valence-corrected chi connectivity index (χ0v) is 52.5. The van der Waals surface area contributed by atoms with E-state index in [1.165, 1.54) is 0 Å². The van der Waals surface area contributed by atoms with Crippen LogP contribution in [0.2, 0.25) is 0 Å². The van der Waals surface area contributed by atoms with Gasteiger partial charge < -0.3 is 52.5 Å². The van der Waals surface area contributed by atoms with E-state index < -0.39 is 24.9 Å². The van der Waals surface area contributed by atoms with Crippen molar-refractivity contribution in [1.82, 2.24) is 0 Å². The largest absolute Gasteiger partial charge is 0.388 e. The molecule has 6 aliphatic rings. The van der Waals surface area contributed by atoms with Gasteiger partial charge in [0.15, 0.2) is 25.2 Å². The van der Waals surface area contributed by atoms with Gasteiger partial charge in [-0.05, 0) is 122 Å². The number of hydrogen-bond acceptors (Lipinski definition) is 11. The average Bonchev–Trinajstić information content (AvgIpc) is 3.41. The maximum absolute atomic E-state index is 14.5. The number of aliphatic hydroxyl groups is 1. The van der Waals surface area contributed by atoms with Gasteiger partial charge in [0.2, 0.25) is 6.36 Å². The summed E-state index contributed by atoms with van der Waals surface area (Å²) < 4.78 is 74.6. The quantitative estimate of drug-likeness (QED) is 0.149. The van der Waals surface area contributed by atoms with Gasteiger partial charge >= 0.3 is 0 Å². The average molecular weight is 1080 g/mol. The predicted octanol–water partition coefficient (Wildman–Crippen LogP) is 14.9. The second kappa shape index (κ2) is 33.2. The second-order valence-corrected chi connectivity index (χ2v) is 24.8. The summed E-state index contributed by atoms with van der Waals surface area (Å²) in [5.41, 5.74) is 0. The van der Waals surface area contributed by atoms with Crippen LogP contribution < -0.4 is 0 Å². The minimum Gasteiger partial charge on any atom is -0.388 e. The monoisotopic (exact) mass is 1080 g/mol. The molecular weight excluding hydrogens is 964 g/mol. The standard InChI is InChI=1S/C22H40O4.C19H35FO3.C12H22O3.C11H22O/c1-9-12-23-22-20(16(7)15(6)19(11-3)25-22)26-21-17(8)13(4)14(5)18(10-2)24-21;1-8-15-12(5)13(6)17(18(20)21-15)23-19-14(7)10(3)11(4)16(9-2)22-19;1-5-7-14-12-11(13)9(4)8(3)10(6-2)15-12;1-6-11-9(4)7(2)8(3)10(5)12-11/h9,13-22H,1,10-12H2,2-8H3;10-19H,8-9H2,1-7H3;5,8-13H,1,6-7H2,2-4H3;7-11H,6H2,1-5H3/t13-,14-,15-,16-,17?,18?,19?,20?,21-,22-;10-,11-,12-,13-,14?,15?,16?,17?,18-,19-;8-,9-,10?,11?,12-;7-,8?,9+,10+,11?/m0001/s1. The van der Waals surface area contributed by atoms with Crippen molar-refractivity contribution in [3.8, 4) is 0 Å². The molecular formula is C64H119FO11. The van der Waals surface area contributed by atoms with Crippen molar-refractivity contribution in [2.75, 3.05) is 13.2 Å². The lowest BCUT2D eigenvalue weighted by molar-refractivity contribution is -0.335. The minimum atomic E-state index is -1.36. The smallest absolute Gasteiger partial charge is 0.225 e. The molecule has 76 heavy (non-hydrogen) atoms. The number of rotatable bonds is 16. The van der Waals surface area contributed by atoms with Crippen LogP contribution in [0.1, 0.15) is 191 Å². The maximum Gasteiger partial charge on any atom is 0.225 e. The van der Waals surface area contributed by atoms with Crippen LogP contribution in [0.4, 0.5) is 4.39 Å². The number of ether oxygens (including phenoxy) is 10. The molecule has 1 N–H and O–H groups in total. The molecule has 6 fully saturated rings. The summed E-state index contributed by atoms with van der Waals surface area (Å²) in [5, 5.41) is 9.96. The number of aliphatic hydroxyl groups excluding tert-OH is 1. The highest BCUT2D eigenvalue weighted by atomic mass is 19.1. The molecule has 0 radical (unpaired) electrons. The molecule has 0 aromatic rings. The van der Waals surface area contributed by atoms with Crippen LogP contribution in [0, 0.1) is 88.8 Å². The Balaban J connectivity index is 0.000000278. The van der Waals surface area contributed by atoms with Crippen molar-refractivity contribution in [1.29, 1.82) is 0 Å². The van der Waals surface area contributed by atoms with Gasteiger partial charge in [0.1, 0.15) is 18.3 Å². The number of hydrogen-bond donors (Lipinski definition) is 1. The van der Waals surface area contributed by atoms with Crippen LogP contribution >= 0.6 is 0 Å². The lowest BCUT2D eigenvalue weighted by Crippen LogP contribution is -2.55. The van der Waals surface area contributed by atoms with Crippen molar-refractivity contribution >= 4 is 0 Å². The first-order valence-corrected chi connectivity index (χ1v) is 30.9. The van der Waals surface area contributed by atoms with E-state index in [0.29, 0.717) is 78.7 Å². The highest BCUT2D eigenvalue weighted by Gasteiger charge is 2.49. The number of alkyl halides is 1. The Hall–Kier alpha value is -1.03. The maximum atomic E-state index is 14.5. The third-order valence-electron chi connectivity index (χ3n) is 20.6. The highest BCUT2D eigenvalue weighted by molar-refractivity contribution is 4.91. The first-order valence-electron chi connectivity index (χ1n) is 30.9. The van der Waals surface area contributed by atoms with E-state index in [1.54, 1.807) is 12.2 Å². The minimum absolute atomic E-state index is 0.0214. The van der Waals surface area contributed by atoms with Crippen molar-refractivity contribution in [2.24, 2.45) is 88.8 Å². The van der Waals surface area contributed by atoms with Crippen LogP contribution in [0.25, 0.3) is 0 Å². The summed E-state index contributed by atoms with van der Waals surface area (Å²) in [5.74, 6) is 6.69. The van der Waals surface area contributed by atoms with Gasteiger partial charge in [-0.25, -0.2) is 4.39 Å². The molecule has 12 heteroatoms. The summed E-state index contributed by atoms with van der Waals surface area (Å²) in [7, 11) is 0. The third kappa shape index (κ3) is 17.5. The summed E-state index contributed by atoms with van der Waals surface area (Å²) >= 11 is 0. The molecule has 12 unspecified atom stereocenters. The summed E-state index contributed by atoms with van der Waals surface area (Å²) in [4.78, 5) is 0. The van der Waals surface area contributed by atoms with E-state index in [1.807, 2.05) is 13.8 Å². The lowest BCUT2D eigenvalue weighted by Gasteiger charge is -2.48. The van der Waals surface area contributed by atoms with E-state index in [-0.39, 0.29) is 79.2 Å². The molecule has 0 aromatic heterocycles. The molecule has 0 bridgehead atoms. The van der Waals surface area contributed by atoms with Crippen LogP contribution in [0.5, 0.6) is 0 Å². The Morgan fingerprint density at radius 1 is 0.355 bits per heavy atom. The van der Waals surface area contributed by atoms with Gasteiger partial charge in [-0.2, -0.15) is 0 Å². The molecule has 11 nitrogen and oxygen atoms in total. The summed E-state index contributed by atoms with van der Waals surface area (Å²) in [6, 6.07) is 0. The predicted molar refractivity (Wildman–Crippen MR) is 306 cm³/mol. The van der Waals surface area contributed by atoms with Crippen molar-refractivity contribution in [2.45, 2.75) is 283 Å². The van der Waals surface area contributed by atoms with Crippen molar-refractivity contribution in [3.63, 3.8) is 0 Å². The molecule has 6 saturated heterocycles. The van der Waals surface area contributed by atoms with Crippen molar-refractivity contribution < 1.29 is 56.9 Å². The Bertz CT molecular complexity index is 1600. The number of halogens is 1. The fourth-order valence-electron chi connectivity index (χ4n) is 12.9. The van der Waals surface area contributed by atoms with Crippen LogP contribution in [0.3, 0.4) is 0 Å². The fourth-order valence-corrected chi connectivity index (χ4v) is 12.9. The molecule has 6 aliphatic heterocycles. The Labute approximate surface area is 465 Å². The normalized spacial score (nSPS) is 47.6. The molecule has 448 valence electrons. The Morgan fingerprint density at radius 3 is 1.07 bits per heavy atom. The van der Waals surface area contributed by atoms with E-state index in [4.69, 9.17) is 47.4 Å². The van der Waals surface area contributed by atoms with E-state index in [2.05, 4.69) is 152 Å². The van der Waals surface area contributed by atoms with Crippen LogP contribution in [0.15, 0.2) is 25.3 Å². The van der Waals surface area contributed by atoms with Gasteiger partial charge in [0, 0.05) is 11.8 Å². The molecule has 6 heterocycles. The zero-order chi connectivity index (χ0) is 57.5. The first kappa shape index (κ1) is 69.2. The van der Waals surface area contributed by atoms with Crippen LogP contribution in [-0.2, 0) is 47.4 Å². The molecule has 0 amide bonds. The second-order valence-electron chi connectivity index (χ2n) is 24.8. The van der Waals surface area contributed by atoms with Gasteiger partial charge in [-0.3, -0.25) is 0 Å². The Kier molecular flexibility index (Phi) is 30.2. The summed E-state index contributed by atoms with van der Waals surface area (Å²) in [6.45, 7) is 56.6. The van der Waals surface area contributed by atoms with Crippen LogP contribution in [-0.4, -0.2) is 111 Å². The molecule has 6 rings (SSSR count). The SMILES string of the molecule is C=CCO[C@H]1OC(CC)[C@@H](C)[C@H](C)C1O.C=CCO[C@H]1OC(CC)[C@@H](C)[C@H](C)C1O[C@@H]1OC(CC)[C@@H](C)[C@H](C)C1C.CCC1O[C@@H](C)C(C)[C@@H](C)[C@@H]1C.CCC1O[C@@H](OC2[C@@H](C)[C@H](C)C(CC)O[C@@H]2F)C(C)[C@@H](C)[C@@H]1C. The fraction of sp³-hybridized carbons (Fsp3) is 0.938. The highest BCUT2D eigenvalue weighted by Crippen LogP contribution is 2.43. The first-order chi connectivity index (χ1) is 35.8. The van der Waals surface area contributed by atoms with Gasteiger partial charge in [0.05, 0.1) is 55.9 Å². The van der Waals surface area contributed by atoms with E-state index >= 15 is 0 Å². The van der Waals surface area contributed by atoms with Crippen molar-refractivity contribution in [3.05, 3.63) is 25.3 Å². The topological polar surface area (TPSA) is 113 Å². The molecule has 0 aliphatic carbocycles. The molecule has 30 atom stereocenters. The van der Waals surface area contributed by atoms with Gasteiger partial charge in [0.25, 0.3) is 0 Å². The van der Waals surface area contributed by atoms with Gasteiger partial charge in [-0.15, -0.1) is 13.2 Å².